The van der Waals surface area contributed by atoms with Gasteiger partial charge in [0.15, 0.2) is 0 Å². The SMILES string of the molecule is CCCC(C)(N)CCCOC. The lowest BCUT2D eigenvalue weighted by molar-refractivity contribution is 0.183. The van der Waals surface area contributed by atoms with Crippen LogP contribution in [0.4, 0.5) is 0 Å². The summed E-state index contributed by atoms with van der Waals surface area (Å²) in [5.41, 5.74) is 6.03. The molecular formula is C9H21NO. The van der Waals surface area contributed by atoms with Crippen LogP contribution in [-0.4, -0.2) is 19.3 Å². The molecule has 0 aromatic rings. The molecular weight excluding hydrogens is 138 g/mol. The van der Waals surface area contributed by atoms with Crippen LogP contribution < -0.4 is 5.73 Å². The molecule has 0 fully saturated rings. The van der Waals surface area contributed by atoms with Crippen LogP contribution >= 0.6 is 0 Å². The Morgan fingerprint density at radius 2 is 2.00 bits per heavy atom. The van der Waals surface area contributed by atoms with E-state index in [-0.39, 0.29) is 5.54 Å². The fourth-order valence-corrected chi connectivity index (χ4v) is 1.32. The van der Waals surface area contributed by atoms with Crippen LogP contribution in [0.3, 0.4) is 0 Å². The van der Waals surface area contributed by atoms with E-state index in [9.17, 15) is 0 Å². The molecule has 68 valence electrons. The van der Waals surface area contributed by atoms with E-state index < -0.39 is 0 Å². The maximum atomic E-state index is 6.01. The quantitative estimate of drug-likeness (QED) is 0.601. The molecule has 2 heteroatoms. The number of nitrogens with two attached hydrogens (primary N) is 1. The maximum absolute atomic E-state index is 6.01. The van der Waals surface area contributed by atoms with Gasteiger partial charge in [-0.25, -0.2) is 0 Å². The van der Waals surface area contributed by atoms with Crippen LogP contribution in [-0.2, 0) is 4.74 Å². The molecule has 0 radical (unpaired) electrons. The lowest BCUT2D eigenvalue weighted by atomic mass is 9.92. The summed E-state index contributed by atoms with van der Waals surface area (Å²) in [5, 5.41) is 0. The predicted molar refractivity (Wildman–Crippen MR) is 48.6 cm³/mol. The molecule has 11 heavy (non-hydrogen) atoms. The first kappa shape index (κ1) is 10.9. The van der Waals surface area contributed by atoms with Crippen LogP contribution in [0.25, 0.3) is 0 Å². The predicted octanol–water partition coefficient (Wildman–Crippen LogP) is 1.93. The van der Waals surface area contributed by atoms with Crippen molar-refractivity contribution >= 4 is 0 Å². The van der Waals surface area contributed by atoms with Gasteiger partial charge in [0.05, 0.1) is 0 Å². The van der Waals surface area contributed by atoms with Gasteiger partial charge in [-0.2, -0.15) is 0 Å². The summed E-state index contributed by atoms with van der Waals surface area (Å²) in [4.78, 5) is 0. The molecule has 2 N–H and O–H groups in total. The van der Waals surface area contributed by atoms with Gasteiger partial charge >= 0.3 is 0 Å². The summed E-state index contributed by atoms with van der Waals surface area (Å²) in [5.74, 6) is 0. The molecule has 0 amide bonds. The van der Waals surface area contributed by atoms with Crippen molar-refractivity contribution in [1.82, 2.24) is 0 Å². The van der Waals surface area contributed by atoms with E-state index in [2.05, 4.69) is 13.8 Å². The molecule has 2 nitrogen and oxygen atoms in total. The standard InChI is InChI=1S/C9H21NO/c1-4-6-9(2,10)7-5-8-11-3/h4-8,10H2,1-3H3. The van der Waals surface area contributed by atoms with Gasteiger partial charge < -0.3 is 10.5 Å². The van der Waals surface area contributed by atoms with E-state index >= 15 is 0 Å². The van der Waals surface area contributed by atoms with E-state index in [0.717, 1.165) is 25.9 Å². The molecule has 0 bridgehead atoms. The Kier molecular flexibility index (Phi) is 5.51. The van der Waals surface area contributed by atoms with Gasteiger partial charge in [0, 0.05) is 19.3 Å². The van der Waals surface area contributed by atoms with Crippen molar-refractivity contribution in [3.63, 3.8) is 0 Å². The minimum atomic E-state index is 0.0211. The Morgan fingerprint density at radius 3 is 2.45 bits per heavy atom. The van der Waals surface area contributed by atoms with Gasteiger partial charge in [-0.3, -0.25) is 0 Å². The lowest BCUT2D eigenvalue weighted by Crippen LogP contribution is -2.35. The van der Waals surface area contributed by atoms with Crippen molar-refractivity contribution in [3.05, 3.63) is 0 Å². The molecule has 0 aromatic heterocycles. The van der Waals surface area contributed by atoms with E-state index in [1.165, 1.54) is 6.42 Å². The number of ether oxygens (including phenoxy) is 1. The molecule has 0 saturated heterocycles. The Bertz CT molecular complexity index is 91.6. The van der Waals surface area contributed by atoms with Gasteiger partial charge in [0.25, 0.3) is 0 Å². The molecule has 0 aliphatic rings. The first-order valence-corrected chi connectivity index (χ1v) is 4.40. The second-order valence-corrected chi connectivity index (χ2v) is 3.50. The monoisotopic (exact) mass is 159 g/mol. The minimum absolute atomic E-state index is 0.0211. The first-order valence-electron chi connectivity index (χ1n) is 4.40. The average Bonchev–Trinajstić information content (AvgIpc) is 1.87. The molecule has 0 rings (SSSR count). The largest absolute Gasteiger partial charge is 0.385 e. The van der Waals surface area contributed by atoms with Crippen LogP contribution in [0.15, 0.2) is 0 Å². The molecule has 1 atom stereocenters. The maximum Gasteiger partial charge on any atom is 0.0462 e. The minimum Gasteiger partial charge on any atom is -0.385 e. The van der Waals surface area contributed by atoms with Gasteiger partial charge in [0.2, 0.25) is 0 Å². The second kappa shape index (κ2) is 5.56. The molecule has 0 heterocycles. The highest BCUT2D eigenvalue weighted by Gasteiger charge is 2.15. The fraction of sp³-hybridized carbons (Fsp3) is 1.00. The zero-order valence-corrected chi connectivity index (χ0v) is 8.02. The number of rotatable bonds is 6. The van der Waals surface area contributed by atoms with Crippen LogP contribution in [0.1, 0.15) is 39.5 Å². The second-order valence-electron chi connectivity index (χ2n) is 3.50. The van der Waals surface area contributed by atoms with Crippen molar-refractivity contribution in [1.29, 1.82) is 0 Å². The van der Waals surface area contributed by atoms with Crippen LogP contribution in [0.2, 0.25) is 0 Å². The molecule has 1 unspecified atom stereocenters. The highest BCUT2D eigenvalue weighted by Crippen LogP contribution is 2.14. The number of hydrogen-bond donors (Lipinski definition) is 1. The number of methoxy groups -OCH3 is 1. The molecule has 0 aromatic carbocycles. The first-order chi connectivity index (χ1) is 5.12. The van der Waals surface area contributed by atoms with E-state index in [4.69, 9.17) is 10.5 Å². The van der Waals surface area contributed by atoms with E-state index in [1.54, 1.807) is 7.11 Å². The summed E-state index contributed by atoms with van der Waals surface area (Å²) >= 11 is 0. The summed E-state index contributed by atoms with van der Waals surface area (Å²) in [6.45, 7) is 5.12. The fourth-order valence-electron chi connectivity index (χ4n) is 1.32. The van der Waals surface area contributed by atoms with Gasteiger partial charge in [-0.1, -0.05) is 13.3 Å². The van der Waals surface area contributed by atoms with Crippen LogP contribution in [0, 0.1) is 0 Å². The van der Waals surface area contributed by atoms with E-state index in [1.807, 2.05) is 0 Å². The van der Waals surface area contributed by atoms with Crippen molar-refractivity contribution in [2.24, 2.45) is 5.73 Å². The summed E-state index contributed by atoms with van der Waals surface area (Å²) in [6, 6.07) is 0. The molecule has 0 aliphatic heterocycles. The zero-order chi connectivity index (χ0) is 8.74. The third kappa shape index (κ3) is 6.32. The zero-order valence-electron chi connectivity index (χ0n) is 8.02. The topological polar surface area (TPSA) is 35.2 Å². The van der Waals surface area contributed by atoms with E-state index in [0.29, 0.717) is 0 Å². The van der Waals surface area contributed by atoms with Gasteiger partial charge in [0.1, 0.15) is 0 Å². The highest BCUT2D eigenvalue weighted by molar-refractivity contribution is 4.77. The van der Waals surface area contributed by atoms with Crippen molar-refractivity contribution in [3.8, 4) is 0 Å². The summed E-state index contributed by atoms with van der Waals surface area (Å²) in [6.07, 6.45) is 4.41. The Hall–Kier alpha value is -0.0800. The normalized spacial score (nSPS) is 16.4. The van der Waals surface area contributed by atoms with Crippen molar-refractivity contribution in [2.75, 3.05) is 13.7 Å². The third-order valence-corrected chi connectivity index (χ3v) is 1.92. The number of hydrogen-bond acceptors (Lipinski definition) is 2. The average molecular weight is 159 g/mol. The summed E-state index contributed by atoms with van der Waals surface area (Å²) in [7, 11) is 1.73. The molecule has 0 saturated carbocycles. The van der Waals surface area contributed by atoms with Gasteiger partial charge in [-0.05, 0) is 26.2 Å². The molecule has 0 spiro atoms. The Morgan fingerprint density at radius 1 is 1.36 bits per heavy atom. The summed E-state index contributed by atoms with van der Waals surface area (Å²) < 4.78 is 4.96. The van der Waals surface area contributed by atoms with Crippen molar-refractivity contribution < 1.29 is 4.74 Å². The Balaban J connectivity index is 3.38. The van der Waals surface area contributed by atoms with Crippen molar-refractivity contribution in [2.45, 2.75) is 45.1 Å². The third-order valence-electron chi connectivity index (χ3n) is 1.92. The molecule has 0 aliphatic carbocycles. The Labute approximate surface area is 70.1 Å². The smallest absolute Gasteiger partial charge is 0.0462 e. The van der Waals surface area contributed by atoms with Gasteiger partial charge in [-0.15, -0.1) is 0 Å². The van der Waals surface area contributed by atoms with Crippen LogP contribution in [0.5, 0.6) is 0 Å². The highest BCUT2D eigenvalue weighted by atomic mass is 16.5. The lowest BCUT2D eigenvalue weighted by Gasteiger charge is -2.23.